The second kappa shape index (κ2) is 6.03. The van der Waals surface area contributed by atoms with Gasteiger partial charge in [-0.05, 0) is 39.5 Å². The van der Waals surface area contributed by atoms with E-state index in [4.69, 9.17) is 4.74 Å². The van der Waals surface area contributed by atoms with Gasteiger partial charge in [0.25, 0.3) is 0 Å². The number of ether oxygens (including phenoxy) is 1. The standard InChI is InChI=1S/C14H23NO3/c1-5-10-6-7-11(12(16)8-10)9-15-13(17)18-14(2,3)4/h5,10-11H,1,6-9H2,2-4H3,(H,15,17). The van der Waals surface area contributed by atoms with Crippen molar-refractivity contribution < 1.29 is 14.3 Å². The quantitative estimate of drug-likeness (QED) is 0.787. The maximum atomic E-state index is 11.8. The molecule has 102 valence electrons. The van der Waals surface area contributed by atoms with Gasteiger partial charge >= 0.3 is 6.09 Å². The Morgan fingerprint density at radius 1 is 1.50 bits per heavy atom. The maximum Gasteiger partial charge on any atom is 0.407 e. The van der Waals surface area contributed by atoms with Gasteiger partial charge in [0.15, 0.2) is 0 Å². The molecule has 1 rings (SSSR count). The fourth-order valence-electron chi connectivity index (χ4n) is 2.04. The summed E-state index contributed by atoms with van der Waals surface area (Å²) >= 11 is 0. The zero-order valence-electron chi connectivity index (χ0n) is 11.5. The molecule has 1 aliphatic rings. The average molecular weight is 253 g/mol. The van der Waals surface area contributed by atoms with Gasteiger partial charge in [0.1, 0.15) is 11.4 Å². The third-order valence-electron chi connectivity index (χ3n) is 3.03. The second-order valence-electron chi connectivity index (χ2n) is 5.82. The van der Waals surface area contributed by atoms with Crippen LogP contribution in [-0.2, 0) is 9.53 Å². The summed E-state index contributed by atoms with van der Waals surface area (Å²) < 4.78 is 5.13. The van der Waals surface area contributed by atoms with Crippen LogP contribution < -0.4 is 5.32 Å². The Morgan fingerprint density at radius 3 is 2.67 bits per heavy atom. The van der Waals surface area contributed by atoms with Gasteiger partial charge in [-0.15, -0.1) is 6.58 Å². The van der Waals surface area contributed by atoms with Crippen molar-refractivity contribution in [3.05, 3.63) is 12.7 Å². The van der Waals surface area contributed by atoms with Crippen molar-refractivity contribution in [3.8, 4) is 0 Å². The Labute approximate surface area is 109 Å². The van der Waals surface area contributed by atoms with Crippen LogP contribution in [0.4, 0.5) is 4.79 Å². The molecule has 0 aromatic heterocycles. The zero-order valence-corrected chi connectivity index (χ0v) is 11.5. The van der Waals surface area contributed by atoms with Crippen molar-refractivity contribution in [2.45, 2.75) is 45.6 Å². The lowest BCUT2D eigenvalue weighted by molar-refractivity contribution is -0.125. The van der Waals surface area contributed by atoms with Crippen LogP contribution >= 0.6 is 0 Å². The van der Waals surface area contributed by atoms with Crippen molar-refractivity contribution in [2.75, 3.05) is 6.54 Å². The normalized spacial score (nSPS) is 24.5. The monoisotopic (exact) mass is 253 g/mol. The Balaban J connectivity index is 2.34. The van der Waals surface area contributed by atoms with E-state index in [2.05, 4.69) is 11.9 Å². The SMILES string of the molecule is C=CC1CCC(CNC(=O)OC(C)(C)C)C(=O)C1. The van der Waals surface area contributed by atoms with Gasteiger partial charge in [0.2, 0.25) is 0 Å². The minimum atomic E-state index is -0.505. The first-order valence-corrected chi connectivity index (χ1v) is 6.44. The van der Waals surface area contributed by atoms with Crippen molar-refractivity contribution >= 4 is 11.9 Å². The van der Waals surface area contributed by atoms with Gasteiger partial charge in [-0.3, -0.25) is 4.79 Å². The molecule has 0 saturated heterocycles. The Kier molecular flexibility index (Phi) is 4.93. The third kappa shape index (κ3) is 4.90. The van der Waals surface area contributed by atoms with Gasteiger partial charge in [-0.2, -0.15) is 0 Å². The van der Waals surface area contributed by atoms with Gasteiger partial charge in [0, 0.05) is 18.9 Å². The first-order valence-electron chi connectivity index (χ1n) is 6.44. The number of amides is 1. The van der Waals surface area contributed by atoms with Gasteiger partial charge < -0.3 is 10.1 Å². The van der Waals surface area contributed by atoms with Crippen LogP contribution in [0, 0.1) is 11.8 Å². The molecule has 1 aliphatic carbocycles. The van der Waals surface area contributed by atoms with Gasteiger partial charge in [-0.1, -0.05) is 6.08 Å². The van der Waals surface area contributed by atoms with Crippen molar-refractivity contribution in [3.63, 3.8) is 0 Å². The number of Topliss-reactive ketones (excluding diaryl/α,β-unsaturated/α-hetero) is 1. The van der Waals surface area contributed by atoms with Gasteiger partial charge in [-0.25, -0.2) is 4.79 Å². The van der Waals surface area contributed by atoms with E-state index in [1.54, 1.807) is 0 Å². The number of allylic oxidation sites excluding steroid dienone is 1. The Morgan fingerprint density at radius 2 is 2.17 bits per heavy atom. The van der Waals surface area contributed by atoms with E-state index in [1.807, 2.05) is 26.8 Å². The van der Waals surface area contributed by atoms with Crippen LogP contribution in [0.3, 0.4) is 0 Å². The number of alkyl carbamates (subject to hydrolysis) is 1. The molecule has 1 amide bonds. The Hall–Kier alpha value is -1.32. The number of ketones is 1. The minimum Gasteiger partial charge on any atom is -0.444 e. The molecule has 0 aromatic rings. The molecule has 0 bridgehead atoms. The molecule has 0 aromatic carbocycles. The summed E-state index contributed by atoms with van der Waals surface area (Å²) in [4.78, 5) is 23.3. The van der Waals surface area contributed by atoms with Crippen LogP contribution in [0.25, 0.3) is 0 Å². The largest absolute Gasteiger partial charge is 0.444 e. The van der Waals surface area contributed by atoms with Crippen LogP contribution in [0.2, 0.25) is 0 Å². The lowest BCUT2D eigenvalue weighted by Crippen LogP contribution is -2.38. The van der Waals surface area contributed by atoms with Crippen molar-refractivity contribution in [2.24, 2.45) is 11.8 Å². The van der Waals surface area contributed by atoms with E-state index >= 15 is 0 Å². The summed E-state index contributed by atoms with van der Waals surface area (Å²) in [7, 11) is 0. The second-order valence-corrected chi connectivity index (χ2v) is 5.82. The van der Waals surface area contributed by atoms with Crippen molar-refractivity contribution in [1.82, 2.24) is 5.32 Å². The number of hydrogen-bond donors (Lipinski definition) is 1. The predicted molar refractivity (Wildman–Crippen MR) is 70.3 cm³/mol. The lowest BCUT2D eigenvalue weighted by atomic mass is 9.81. The molecule has 0 spiro atoms. The highest BCUT2D eigenvalue weighted by Gasteiger charge is 2.27. The first kappa shape index (κ1) is 14.7. The number of carbonyl (C=O) groups is 2. The van der Waals surface area contributed by atoms with Crippen molar-refractivity contribution in [1.29, 1.82) is 0 Å². The molecule has 18 heavy (non-hydrogen) atoms. The molecular weight excluding hydrogens is 230 g/mol. The molecule has 2 unspecified atom stereocenters. The van der Waals surface area contributed by atoms with Crippen LogP contribution in [0.1, 0.15) is 40.0 Å². The van der Waals surface area contributed by atoms with E-state index in [9.17, 15) is 9.59 Å². The number of nitrogens with one attached hydrogen (secondary N) is 1. The summed E-state index contributed by atoms with van der Waals surface area (Å²) in [5.74, 6) is 0.436. The molecule has 4 nitrogen and oxygen atoms in total. The fourth-order valence-corrected chi connectivity index (χ4v) is 2.04. The molecule has 2 atom stereocenters. The van der Waals surface area contributed by atoms with Gasteiger partial charge in [0.05, 0.1) is 0 Å². The smallest absolute Gasteiger partial charge is 0.407 e. The third-order valence-corrected chi connectivity index (χ3v) is 3.03. The molecular formula is C14H23NO3. The summed E-state index contributed by atoms with van der Waals surface area (Å²) in [5.41, 5.74) is -0.505. The van der Waals surface area contributed by atoms with E-state index in [0.717, 1.165) is 12.8 Å². The topological polar surface area (TPSA) is 55.4 Å². The summed E-state index contributed by atoms with van der Waals surface area (Å²) in [6, 6.07) is 0. The molecule has 1 saturated carbocycles. The van der Waals surface area contributed by atoms with E-state index in [-0.39, 0.29) is 11.7 Å². The number of carbonyl (C=O) groups excluding carboxylic acids is 2. The molecule has 0 aliphatic heterocycles. The highest BCUT2D eigenvalue weighted by atomic mass is 16.6. The minimum absolute atomic E-state index is 0.0753. The predicted octanol–water partition coefficient (Wildman–Crippen LogP) is 2.68. The molecule has 0 heterocycles. The van der Waals surface area contributed by atoms with Crippen LogP contribution in [-0.4, -0.2) is 24.0 Å². The zero-order chi connectivity index (χ0) is 13.8. The van der Waals surface area contributed by atoms with E-state index in [1.165, 1.54) is 0 Å². The Bertz CT molecular complexity index is 330. The maximum absolute atomic E-state index is 11.8. The first-order chi connectivity index (χ1) is 8.31. The molecule has 0 radical (unpaired) electrons. The highest BCUT2D eigenvalue weighted by molar-refractivity contribution is 5.83. The fraction of sp³-hybridized carbons (Fsp3) is 0.714. The molecule has 1 fully saturated rings. The average Bonchev–Trinajstić information content (AvgIpc) is 2.25. The summed E-state index contributed by atoms with van der Waals surface area (Å²) in [6.45, 7) is 9.53. The number of hydrogen-bond acceptors (Lipinski definition) is 3. The van der Waals surface area contributed by atoms with E-state index < -0.39 is 11.7 Å². The summed E-state index contributed by atoms with van der Waals surface area (Å²) in [5, 5.41) is 2.66. The molecule has 4 heteroatoms. The highest BCUT2D eigenvalue weighted by Crippen LogP contribution is 2.26. The summed E-state index contributed by atoms with van der Waals surface area (Å²) in [6.07, 6.45) is 3.71. The van der Waals surface area contributed by atoms with Crippen LogP contribution in [0.15, 0.2) is 12.7 Å². The van der Waals surface area contributed by atoms with E-state index in [0.29, 0.717) is 18.9 Å². The van der Waals surface area contributed by atoms with Crippen LogP contribution in [0.5, 0.6) is 0 Å². The molecule has 1 N–H and O–H groups in total. The lowest BCUT2D eigenvalue weighted by Gasteiger charge is -2.26. The number of rotatable bonds is 3.